The van der Waals surface area contributed by atoms with Crippen molar-refractivity contribution in [2.75, 3.05) is 18.0 Å². The third-order valence-electron chi connectivity index (χ3n) is 4.79. The highest BCUT2D eigenvalue weighted by molar-refractivity contribution is 7.21. The third-order valence-corrected chi connectivity index (χ3v) is 5.88. The molecule has 0 aliphatic heterocycles. The van der Waals surface area contributed by atoms with Crippen molar-refractivity contribution in [3.05, 3.63) is 78.4 Å². The summed E-state index contributed by atoms with van der Waals surface area (Å²) in [7, 11) is 0. The normalized spacial score (nSPS) is 11.4. The molecule has 140 valence electrons. The van der Waals surface area contributed by atoms with Crippen LogP contribution in [-0.2, 0) is 0 Å². The van der Waals surface area contributed by atoms with Gasteiger partial charge in [0.2, 0.25) is 0 Å². The minimum Gasteiger partial charge on any atom is -0.372 e. The molecule has 0 bridgehead atoms. The zero-order valence-corrected chi connectivity index (χ0v) is 17.0. The Bertz CT molecular complexity index is 1040. The topological polar surface area (TPSA) is 28.5 Å². The molecule has 4 heteroatoms. The van der Waals surface area contributed by atoms with E-state index in [-0.39, 0.29) is 0 Å². The largest absolute Gasteiger partial charge is 0.372 e. The molecule has 3 nitrogen and oxygen atoms in total. The number of hydrogen-bond acceptors (Lipinski definition) is 4. The summed E-state index contributed by atoms with van der Waals surface area (Å²) in [6, 6.07) is 25.1. The van der Waals surface area contributed by atoms with E-state index in [9.17, 15) is 0 Å². The lowest BCUT2D eigenvalue weighted by atomic mass is 10.2. The van der Waals surface area contributed by atoms with E-state index >= 15 is 0 Å². The molecule has 0 amide bonds. The lowest BCUT2D eigenvalue weighted by Gasteiger charge is -2.20. The lowest BCUT2D eigenvalue weighted by molar-refractivity contribution is 0.866. The highest BCUT2D eigenvalue weighted by atomic mass is 32.1. The van der Waals surface area contributed by atoms with E-state index in [2.05, 4.69) is 78.3 Å². The van der Waals surface area contributed by atoms with Gasteiger partial charge in [0.05, 0.1) is 15.9 Å². The first-order chi connectivity index (χ1) is 13.8. The SMILES string of the molecule is CCN(CC)c1ccc(C=Nc2ccc(-c3nc4ccccc4s3)cc2)cc1. The van der Waals surface area contributed by atoms with Crippen LogP contribution in [0.4, 0.5) is 11.4 Å². The van der Waals surface area contributed by atoms with E-state index in [1.54, 1.807) is 11.3 Å². The Kier molecular flexibility index (Phi) is 5.49. The van der Waals surface area contributed by atoms with Gasteiger partial charge in [-0.2, -0.15) is 0 Å². The van der Waals surface area contributed by atoms with Crippen molar-refractivity contribution in [2.45, 2.75) is 13.8 Å². The summed E-state index contributed by atoms with van der Waals surface area (Å²) >= 11 is 1.72. The number of aromatic nitrogens is 1. The number of para-hydroxylation sites is 1. The number of fused-ring (bicyclic) bond motifs is 1. The maximum absolute atomic E-state index is 4.72. The summed E-state index contributed by atoms with van der Waals surface area (Å²) in [5.41, 5.74) is 5.48. The van der Waals surface area contributed by atoms with Gasteiger partial charge in [-0.25, -0.2) is 4.98 Å². The van der Waals surface area contributed by atoms with Gasteiger partial charge in [0, 0.05) is 30.6 Å². The Labute approximate surface area is 170 Å². The Morgan fingerprint density at radius 2 is 1.61 bits per heavy atom. The van der Waals surface area contributed by atoms with Gasteiger partial charge in [-0.3, -0.25) is 4.99 Å². The Hall–Kier alpha value is -2.98. The molecule has 0 radical (unpaired) electrons. The van der Waals surface area contributed by atoms with Crippen molar-refractivity contribution in [1.82, 2.24) is 4.98 Å². The average Bonchev–Trinajstić information content (AvgIpc) is 3.19. The van der Waals surface area contributed by atoms with Crippen LogP contribution in [0.1, 0.15) is 19.4 Å². The van der Waals surface area contributed by atoms with Gasteiger partial charge >= 0.3 is 0 Å². The second-order valence-electron chi connectivity index (χ2n) is 6.56. The van der Waals surface area contributed by atoms with Crippen molar-refractivity contribution in [3.63, 3.8) is 0 Å². The van der Waals surface area contributed by atoms with E-state index in [1.165, 1.54) is 10.4 Å². The van der Waals surface area contributed by atoms with Crippen LogP contribution in [0.25, 0.3) is 20.8 Å². The first-order valence-corrected chi connectivity index (χ1v) is 10.4. The van der Waals surface area contributed by atoms with Crippen molar-refractivity contribution in [2.24, 2.45) is 4.99 Å². The van der Waals surface area contributed by atoms with Gasteiger partial charge in [-0.05, 0) is 67.9 Å². The fourth-order valence-corrected chi connectivity index (χ4v) is 4.17. The van der Waals surface area contributed by atoms with Crippen LogP contribution in [0.3, 0.4) is 0 Å². The summed E-state index contributed by atoms with van der Waals surface area (Å²) in [4.78, 5) is 11.7. The fraction of sp³-hybridized carbons (Fsp3) is 0.167. The predicted octanol–water partition coefficient (Wildman–Crippen LogP) is 6.56. The van der Waals surface area contributed by atoms with E-state index in [1.807, 2.05) is 24.4 Å². The van der Waals surface area contributed by atoms with Crippen LogP contribution < -0.4 is 4.90 Å². The zero-order valence-electron chi connectivity index (χ0n) is 16.2. The molecule has 0 aliphatic rings. The molecule has 0 unspecified atom stereocenters. The molecule has 0 saturated carbocycles. The van der Waals surface area contributed by atoms with Crippen LogP contribution >= 0.6 is 11.3 Å². The number of benzene rings is 3. The molecule has 3 aromatic carbocycles. The van der Waals surface area contributed by atoms with Crippen LogP contribution in [0.15, 0.2) is 77.8 Å². The molecule has 0 N–H and O–H groups in total. The Balaban J connectivity index is 1.48. The maximum Gasteiger partial charge on any atom is 0.124 e. The minimum absolute atomic E-state index is 0.942. The number of nitrogens with zero attached hydrogens (tertiary/aromatic N) is 3. The molecule has 0 aliphatic carbocycles. The van der Waals surface area contributed by atoms with Crippen LogP contribution in [0, 0.1) is 0 Å². The molecule has 0 fully saturated rings. The number of thiazole rings is 1. The smallest absolute Gasteiger partial charge is 0.124 e. The van der Waals surface area contributed by atoms with Crippen molar-refractivity contribution >= 4 is 39.1 Å². The highest BCUT2D eigenvalue weighted by Gasteiger charge is 2.05. The fourth-order valence-electron chi connectivity index (χ4n) is 3.19. The number of rotatable bonds is 6. The molecule has 4 rings (SSSR count). The van der Waals surface area contributed by atoms with Crippen molar-refractivity contribution in [1.29, 1.82) is 0 Å². The number of hydrogen-bond donors (Lipinski definition) is 0. The second kappa shape index (κ2) is 8.36. The van der Waals surface area contributed by atoms with Gasteiger partial charge in [-0.15, -0.1) is 11.3 Å². The van der Waals surface area contributed by atoms with E-state index < -0.39 is 0 Å². The molecule has 0 atom stereocenters. The molecule has 1 heterocycles. The van der Waals surface area contributed by atoms with Crippen LogP contribution in [0.2, 0.25) is 0 Å². The first-order valence-electron chi connectivity index (χ1n) is 9.62. The van der Waals surface area contributed by atoms with Gasteiger partial charge in [0.25, 0.3) is 0 Å². The molecular weight excluding hydrogens is 362 g/mol. The molecule has 1 aromatic heterocycles. The lowest BCUT2D eigenvalue weighted by Crippen LogP contribution is -2.21. The minimum atomic E-state index is 0.942. The molecule has 28 heavy (non-hydrogen) atoms. The summed E-state index contributed by atoms with van der Waals surface area (Å²) in [6.07, 6.45) is 1.92. The molecule has 4 aromatic rings. The standard InChI is InChI=1S/C24H23N3S/c1-3-27(4-2)21-15-9-18(10-16-21)17-25-20-13-11-19(12-14-20)24-26-22-7-5-6-8-23(22)28-24/h5-17H,3-4H2,1-2H3. The Morgan fingerprint density at radius 1 is 0.893 bits per heavy atom. The highest BCUT2D eigenvalue weighted by Crippen LogP contribution is 2.30. The molecule has 0 saturated heterocycles. The van der Waals surface area contributed by atoms with Gasteiger partial charge in [-0.1, -0.05) is 24.3 Å². The van der Waals surface area contributed by atoms with Crippen molar-refractivity contribution in [3.8, 4) is 10.6 Å². The van der Waals surface area contributed by atoms with Gasteiger partial charge < -0.3 is 4.90 Å². The van der Waals surface area contributed by atoms with Gasteiger partial charge in [0.15, 0.2) is 0 Å². The van der Waals surface area contributed by atoms with E-state index in [0.29, 0.717) is 0 Å². The summed E-state index contributed by atoms with van der Waals surface area (Å²) in [5, 5.41) is 1.05. The van der Waals surface area contributed by atoms with Crippen LogP contribution in [-0.4, -0.2) is 24.3 Å². The molecule has 0 spiro atoms. The first kappa shape index (κ1) is 18.4. The van der Waals surface area contributed by atoms with Crippen LogP contribution in [0.5, 0.6) is 0 Å². The summed E-state index contributed by atoms with van der Waals surface area (Å²) in [6.45, 7) is 6.39. The van der Waals surface area contributed by atoms with E-state index in [0.717, 1.165) is 40.4 Å². The zero-order chi connectivity index (χ0) is 19.3. The third kappa shape index (κ3) is 3.97. The average molecular weight is 386 g/mol. The summed E-state index contributed by atoms with van der Waals surface area (Å²) < 4.78 is 1.22. The monoisotopic (exact) mass is 385 g/mol. The number of aliphatic imine (C=N–C) groups is 1. The van der Waals surface area contributed by atoms with Gasteiger partial charge in [0.1, 0.15) is 5.01 Å². The molecular formula is C24H23N3S. The second-order valence-corrected chi connectivity index (χ2v) is 7.59. The predicted molar refractivity (Wildman–Crippen MR) is 122 cm³/mol. The van der Waals surface area contributed by atoms with E-state index in [4.69, 9.17) is 4.98 Å². The quantitative estimate of drug-likeness (QED) is 0.352. The Morgan fingerprint density at radius 3 is 2.29 bits per heavy atom. The maximum atomic E-state index is 4.72. The summed E-state index contributed by atoms with van der Waals surface area (Å²) in [5.74, 6) is 0. The number of anilines is 1. The van der Waals surface area contributed by atoms with Crippen molar-refractivity contribution < 1.29 is 0 Å².